The standard InChI is InChI=1S/C21H25N3O12S/c25-17(26,27)11-36-10-9-23-18(28,29)20(32,33)24(21(34,35)19(23,30)31)16-12-5-1-3-7-14(12)37-15-8-4-2-6-13(15)22-16/h1-8,25-35H,9-11H2. The maximum Gasteiger partial charge on any atom is 0.325 e. The first-order valence-electron chi connectivity index (χ1n) is 10.6. The maximum atomic E-state index is 11.0. The van der Waals surface area contributed by atoms with Crippen molar-refractivity contribution in [1.82, 2.24) is 9.80 Å². The zero-order chi connectivity index (χ0) is 27.4. The average Bonchev–Trinajstić information content (AvgIpc) is 2.93. The highest BCUT2D eigenvalue weighted by atomic mass is 32.2. The molecule has 0 bridgehead atoms. The van der Waals surface area contributed by atoms with Gasteiger partial charge in [-0.1, -0.05) is 42.1 Å². The molecule has 0 saturated carbocycles. The Morgan fingerprint density at radius 2 is 1.30 bits per heavy atom. The molecule has 0 amide bonds. The maximum absolute atomic E-state index is 11.0. The number of fused-ring (bicyclic) bond motifs is 2. The first-order chi connectivity index (χ1) is 17.0. The van der Waals surface area contributed by atoms with Crippen LogP contribution in [-0.4, -0.2) is 121 Å². The molecule has 0 atom stereocenters. The minimum Gasteiger partial charge on any atom is -0.372 e. The number of aliphatic imine (C=N–C) groups is 1. The Kier molecular flexibility index (Phi) is 6.89. The number of piperazine rings is 1. The van der Waals surface area contributed by atoms with Crippen molar-refractivity contribution in [2.45, 2.75) is 39.4 Å². The van der Waals surface area contributed by atoms with Crippen LogP contribution in [0.1, 0.15) is 5.56 Å². The average molecular weight is 544 g/mol. The summed E-state index contributed by atoms with van der Waals surface area (Å²) < 4.78 is 4.67. The summed E-state index contributed by atoms with van der Waals surface area (Å²) in [5, 5.41) is 113. The molecule has 0 unspecified atom stereocenters. The first-order valence-corrected chi connectivity index (χ1v) is 11.4. The van der Waals surface area contributed by atoms with Crippen LogP contribution >= 0.6 is 11.8 Å². The monoisotopic (exact) mass is 543 g/mol. The van der Waals surface area contributed by atoms with E-state index in [1.54, 1.807) is 30.3 Å². The fraction of sp³-hybridized carbons (Fsp3) is 0.381. The Balaban J connectivity index is 1.83. The van der Waals surface area contributed by atoms with E-state index in [2.05, 4.69) is 9.73 Å². The summed E-state index contributed by atoms with van der Waals surface area (Å²) in [7, 11) is 0. The molecule has 16 heteroatoms. The van der Waals surface area contributed by atoms with Crippen molar-refractivity contribution in [1.29, 1.82) is 0 Å². The van der Waals surface area contributed by atoms with Crippen LogP contribution in [0.3, 0.4) is 0 Å². The molecule has 0 radical (unpaired) electrons. The molecular weight excluding hydrogens is 518 g/mol. The van der Waals surface area contributed by atoms with Gasteiger partial charge in [-0.3, -0.25) is 0 Å². The largest absolute Gasteiger partial charge is 0.372 e. The summed E-state index contributed by atoms with van der Waals surface area (Å²) in [5.74, 6) is -20.2. The Hall–Kier alpha value is -2.26. The second-order valence-corrected chi connectivity index (χ2v) is 9.44. The number of rotatable bonds is 5. The molecule has 2 aliphatic rings. The number of benzene rings is 2. The summed E-state index contributed by atoms with van der Waals surface area (Å²) in [5.41, 5.74) is 0.238. The van der Waals surface area contributed by atoms with Crippen LogP contribution in [0.4, 0.5) is 5.69 Å². The van der Waals surface area contributed by atoms with Crippen molar-refractivity contribution in [3.8, 4) is 0 Å². The van der Waals surface area contributed by atoms with Gasteiger partial charge in [-0.25, -0.2) is 9.89 Å². The van der Waals surface area contributed by atoms with E-state index in [1.165, 1.54) is 30.0 Å². The van der Waals surface area contributed by atoms with Gasteiger partial charge >= 0.3 is 23.6 Å². The van der Waals surface area contributed by atoms with Gasteiger partial charge in [0.2, 0.25) is 0 Å². The van der Waals surface area contributed by atoms with Gasteiger partial charge in [0.25, 0.3) is 5.97 Å². The lowest BCUT2D eigenvalue weighted by atomic mass is 10.0. The highest BCUT2D eigenvalue weighted by Crippen LogP contribution is 2.47. The summed E-state index contributed by atoms with van der Waals surface area (Å²) in [6.07, 6.45) is 0. The molecule has 4 rings (SSSR count). The molecule has 202 valence electrons. The lowest BCUT2D eigenvalue weighted by molar-refractivity contribution is -0.597. The highest BCUT2D eigenvalue weighted by Gasteiger charge is 2.77. The molecule has 1 fully saturated rings. The van der Waals surface area contributed by atoms with Crippen molar-refractivity contribution in [3.63, 3.8) is 0 Å². The summed E-state index contributed by atoms with van der Waals surface area (Å²) in [6.45, 7) is -3.06. The zero-order valence-electron chi connectivity index (χ0n) is 18.8. The van der Waals surface area contributed by atoms with Gasteiger partial charge in [0, 0.05) is 21.9 Å². The second-order valence-electron chi connectivity index (χ2n) is 8.36. The van der Waals surface area contributed by atoms with Gasteiger partial charge in [0.05, 0.1) is 12.3 Å². The van der Waals surface area contributed by atoms with Crippen LogP contribution in [0.15, 0.2) is 63.3 Å². The normalized spacial score (nSPS) is 22.0. The van der Waals surface area contributed by atoms with E-state index in [0.717, 1.165) is 0 Å². The zero-order valence-corrected chi connectivity index (χ0v) is 19.6. The number of aliphatic hydroxyl groups is 11. The molecule has 11 N–H and O–H groups in total. The van der Waals surface area contributed by atoms with Crippen LogP contribution < -0.4 is 0 Å². The van der Waals surface area contributed by atoms with Crippen molar-refractivity contribution >= 4 is 23.3 Å². The number of hydrogen-bond donors (Lipinski definition) is 11. The molecule has 2 aromatic carbocycles. The van der Waals surface area contributed by atoms with Crippen LogP contribution in [0, 0.1) is 0 Å². The van der Waals surface area contributed by atoms with E-state index in [9.17, 15) is 40.9 Å². The van der Waals surface area contributed by atoms with Crippen molar-refractivity contribution in [2.24, 2.45) is 4.99 Å². The minimum atomic E-state index is -4.09. The Labute approximate surface area is 212 Å². The van der Waals surface area contributed by atoms with Crippen LogP contribution in [0.2, 0.25) is 0 Å². The van der Waals surface area contributed by atoms with Gasteiger partial charge in [0.15, 0.2) is 0 Å². The molecular formula is C21H25N3O12S. The number of para-hydroxylation sites is 1. The lowest BCUT2D eigenvalue weighted by Crippen LogP contribution is -2.91. The van der Waals surface area contributed by atoms with Crippen molar-refractivity contribution in [3.05, 3.63) is 54.1 Å². The van der Waals surface area contributed by atoms with Crippen molar-refractivity contribution < 1.29 is 60.9 Å². The number of nitrogens with zero attached hydrogens (tertiary/aromatic N) is 3. The number of hydrogen-bond acceptors (Lipinski definition) is 16. The van der Waals surface area contributed by atoms with E-state index in [-0.39, 0.29) is 21.1 Å². The third-order valence-corrected chi connectivity index (χ3v) is 6.82. The van der Waals surface area contributed by atoms with E-state index >= 15 is 0 Å². The minimum absolute atomic E-state index is 0.0391. The molecule has 0 aromatic heterocycles. The molecule has 15 nitrogen and oxygen atoms in total. The summed E-state index contributed by atoms with van der Waals surface area (Å²) >= 11 is 1.18. The van der Waals surface area contributed by atoms with E-state index < -0.39 is 55.2 Å². The summed E-state index contributed by atoms with van der Waals surface area (Å²) in [4.78, 5) is 4.64. The third-order valence-electron chi connectivity index (χ3n) is 5.68. The highest BCUT2D eigenvalue weighted by molar-refractivity contribution is 7.99. The molecule has 1 saturated heterocycles. The predicted molar refractivity (Wildman–Crippen MR) is 121 cm³/mol. The quantitative estimate of drug-likeness (QED) is 0.127. The van der Waals surface area contributed by atoms with Crippen LogP contribution in [-0.2, 0) is 4.74 Å². The molecule has 2 heterocycles. The smallest absolute Gasteiger partial charge is 0.325 e. The van der Waals surface area contributed by atoms with Gasteiger partial charge in [0.1, 0.15) is 12.4 Å². The number of ether oxygens (including phenoxy) is 1. The van der Waals surface area contributed by atoms with E-state index in [4.69, 9.17) is 15.3 Å². The molecule has 37 heavy (non-hydrogen) atoms. The lowest BCUT2D eigenvalue weighted by Gasteiger charge is -2.61. The van der Waals surface area contributed by atoms with E-state index in [0.29, 0.717) is 9.79 Å². The molecule has 2 aromatic rings. The Morgan fingerprint density at radius 1 is 0.757 bits per heavy atom. The fourth-order valence-electron chi connectivity index (χ4n) is 3.91. The first kappa shape index (κ1) is 27.8. The molecule has 0 spiro atoms. The number of amidine groups is 1. The Bertz CT molecular complexity index is 1170. The van der Waals surface area contributed by atoms with Crippen LogP contribution in [0.25, 0.3) is 0 Å². The SMILES string of the molecule is OC(O)(O)COCCN1C(O)(O)C(O)(O)N(C2=Nc3ccccc3Sc3ccccc32)C(O)(O)C1(O)O. The molecule has 2 aliphatic heterocycles. The fourth-order valence-corrected chi connectivity index (χ4v) is 4.93. The summed E-state index contributed by atoms with van der Waals surface area (Å²) in [6, 6.07) is 12.6. The van der Waals surface area contributed by atoms with E-state index in [1.807, 2.05) is 0 Å². The third kappa shape index (κ3) is 4.62. The van der Waals surface area contributed by atoms with Gasteiger partial charge in [-0.05, 0) is 18.2 Å². The van der Waals surface area contributed by atoms with Crippen molar-refractivity contribution in [2.75, 3.05) is 19.8 Å². The van der Waals surface area contributed by atoms with Gasteiger partial charge in [-0.2, -0.15) is 4.90 Å². The van der Waals surface area contributed by atoms with Gasteiger partial charge in [-0.15, -0.1) is 0 Å². The Morgan fingerprint density at radius 3 is 1.89 bits per heavy atom. The van der Waals surface area contributed by atoms with Crippen LogP contribution in [0.5, 0.6) is 0 Å². The topological polar surface area (TPSA) is 251 Å². The predicted octanol–water partition coefficient (Wildman–Crippen LogP) is -3.95. The van der Waals surface area contributed by atoms with Gasteiger partial charge < -0.3 is 60.9 Å². The second kappa shape index (κ2) is 9.19. The molecule has 0 aliphatic carbocycles.